The van der Waals surface area contributed by atoms with Gasteiger partial charge in [-0.3, -0.25) is 14.7 Å². The summed E-state index contributed by atoms with van der Waals surface area (Å²) >= 11 is 0. The summed E-state index contributed by atoms with van der Waals surface area (Å²) in [5.41, 5.74) is 1.62. The Morgan fingerprint density at radius 2 is 1.66 bits per heavy atom. The first-order valence-electron chi connectivity index (χ1n) is 11.3. The third-order valence-corrected chi connectivity index (χ3v) is 6.78. The summed E-state index contributed by atoms with van der Waals surface area (Å²) in [6, 6.07) is 0. The molecule has 1 saturated carbocycles. The minimum Gasteiger partial charge on any atom is -0.372 e. The van der Waals surface area contributed by atoms with Crippen LogP contribution in [0.3, 0.4) is 0 Å². The van der Waals surface area contributed by atoms with Gasteiger partial charge in [-0.2, -0.15) is 5.10 Å². The summed E-state index contributed by atoms with van der Waals surface area (Å²) in [5.74, 6) is 0.870. The Balaban J connectivity index is 1.38. The normalized spacial score (nSPS) is 27.2. The predicted octanol–water partition coefficient (Wildman–Crippen LogP) is 2.95. The minimum atomic E-state index is 0.0384. The Labute approximate surface area is 173 Å². The summed E-state index contributed by atoms with van der Waals surface area (Å²) in [4.78, 5) is 29.9. The van der Waals surface area contributed by atoms with E-state index in [1.54, 1.807) is 6.20 Å². The molecule has 3 heterocycles. The third kappa shape index (κ3) is 4.49. The van der Waals surface area contributed by atoms with E-state index < -0.39 is 0 Å². The summed E-state index contributed by atoms with van der Waals surface area (Å²) < 4.78 is 5.76. The lowest BCUT2D eigenvalue weighted by atomic mass is 9.86. The predicted molar refractivity (Wildman–Crippen MR) is 110 cm³/mol. The van der Waals surface area contributed by atoms with Gasteiger partial charge in [0.05, 0.1) is 29.7 Å². The number of H-pyrrole nitrogens is 1. The van der Waals surface area contributed by atoms with Crippen molar-refractivity contribution in [3.63, 3.8) is 0 Å². The molecule has 0 unspecified atom stereocenters. The highest BCUT2D eigenvalue weighted by molar-refractivity contribution is 5.95. The highest BCUT2D eigenvalue weighted by atomic mass is 16.5. The Hall–Kier alpha value is -1.89. The van der Waals surface area contributed by atoms with E-state index in [1.807, 2.05) is 18.7 Å². The number of rotatable bonds is 3. The van der Waals surface area contributed by atoms with E-state index in [1.165, 1.54) is 19.3 Å². The first-order chi connectivity index (χ1) is 14.0. The van der Waals surface area contributed by atoms with Crippen molar-refractivity contribution in [1.82, 2.24) is 20.0 Å². The van der Waals surface area contributed by atoms with Crippen molar-refractivity contribution in [3.8, 4) is 0 Å². The Morgan fingerprint density at radius 1 is 1.00 bits per heavy atom. The van der Waals surface area contributed by atoms with Crippen LogP contribution >= 0.6 is 0 Å². The van der Waals surface area contributed by atoms with Gasteiger partial charge in [-0.15, -0.1) is 0 Å². The molecule has 3 aliphatic rings. The van der Waals surface area contributed by atoms with E-state index in [4.69, 9.17) is 4.74 Å². The first kappa shape index (κ1) is 20.4. The lowest BCUT2D eigenvalue weighted by Crippen LogP contribution is -2.48. The largest absolute Gasteiger partial charge is 0.372 e. The molecule has 2 atom stereocenters. The number of aromatic nitrogens is 2. The summed E-state index contributed by atoms with van der Waals surface area (Å²) in [6.45, 7) is 6.79. The van der Waals surface area contributed by atoms with Crippen molar-refractivity contribution in [2.75, 3.05) is 26.2 Å². The van der Waals surface area contributed by atoms with Gasteiger partial charge in [0.1, 0.15) is 0 Å². The number of nitrogens with zero attached hydrogens (tertiary/aromatic N) is 3. The van der Waals surface area contributed by atoms with Crippen LogP contribution in [-0.2, 0) is 9.53 Å². The molecule has 1 aliphatic carbocycles. The van der Waals surface area contributed by atoms with Crippen LogP contribution in [0.25, 0.3) is 0 Å². The zero-order valence-electron chi connectivity index (χ0n) is 17.7. The van der Waals surface area contributed by atoms with Crippen LogP contribution < -0.4 is 0 Å². The van der Waals surface area contributed by atoms with Gasteiger partial charge in [-0.1, -0.05) is 19.3 Å². The Morgan fingerprint density at radius 3 is 2.31 bits per heavy atom. The molecule has 160 valence electrons. The molecular formula is C22H34N4O3. The highest BCUT2D eigenvalue weighted by Crippen LogP contribution is 2.32. The first-order valence-corrected chi connectivity index (χ1v) is 11.3. The summed E-state index contributed by atoms with van der Waals surface area (Å²) in [5, 5.41) is 7.29. The number of hydrogen-bond donors (Lipinski definition) is 1. The molecule has 7 heteroatoms. The molecule has 1 N–H and O–H groups in total. The lowest BCUT2D eigenvalue weighted by molar-refractivity contribution is -0.137. The standard InChI is InChI=1S/C22H34N4O3/c1-15-13-26(14-16(2)29-15)22(28)19-12-23-24-20(19)17-8-10-25(11-9-17)21(27)18-6-4-3-5-7-18/h12,15-18H,3-11,13-14H2,1-2H3,(H,23,24)/t15-,16+. The van der Waals surface area contributed by atoms with Crippen molar-refractivity contribution in [1.29, 1.82) is 0 Å². The van der Waals surface area contributed by atoms with Crippen LogP contribution in [0.4, 0.5) is 0 Å². The van der Waals surface area contributed by atoms with E-state index in [9.17, 15) is 9.59 Å². The van der Waals surface area contributed by atoms with Crippen molar-refractivity contribution in [2.24, 2.45) is 5.92 Å². The van der Waals surface area contributed by atoms with Crippen LogP contribution in [0.2, 0.25) is 0 Å². The van der Waals surface area contributed by atoms with Crippen molar-refractivity contribution >= 4 is 11.8 Å². The minimum absolute atomic E-state index is 0.0384. The molecular weight excluding hydrogens is 368 g/mol. The number of amides is 2. The fourth-order valence-corrected chi connectivity index (χ4v) is 5.29. The van der Waals surface area contributed by atoms with Crippen LogP contribution in [0.15, 0.2) is 6.20 Å². The second-order valence-electron chi connectivity index (χ2n) is 9.10. The number of hydrogen-bond acceptors (Lipinski definition) is 4. The van der Waals surface area contributed by atoms with Gasteiger partial charge in [0.25, 0.3) is 5.91 Å². The third-order valence-electron chi connectivity index (χ3n) is 6.78. The maximum atomic E-state index is 13.1. The number of carbonyl (C=O) groups is 2. The SMILES string of the molecule is C[C@@H]1CN(C(=O)c2cn[nH]c2C2CCN(C(=O)C3CCCCC3)CC2)C[C@H](C)O1. The summed E-state index contributed by atoms with van der Waals surface area (Å²) in [7, 11) is 0. The van der Waals surface area contributed by atoms with E-state index in [0.717, 1.165) is 44.5 Å². The molecule has 7 nitrogen and oxygen atoms in total. The van der Waals surface area contributed by atoms with Gasteiger partial charge in [-0.05, 0) is 39.5 Å². The topological polar surface area (TPSA) is 78.5 Å². The second-order valence-corrected chi connectivity index (χ2v) is 9.10. The highest BCUT2D eigenvalue weighted by Gasteiger charge is 2.33. The number of nitrogens with one attached hydrogen (secondary N) is 1. The van der Waals surface area contributed by atoms with Crippen molar-refractivity contribution in [2.45, 2.75) is 76.9 Å². The second kappa shape index (κ2) is 8.86. The van der Waals surface area contributed by atoms with Crippen molar-refractivity contribution < 1.29 is 14.3 Å². The number of likely N-dealkylation sites (tertiary alicyclic amines) is 1. The van der Waals surface area contributed by atoms with Gasteiger partial charge in [0, 0.05) is 38.0 Å². The molecule has 29 heavy (non-hydrogen) atoms. The van der Waals surface area contributed by atoms with Crippen molar-refractivity contribution in [3.05, 3.63) is 17.5 Å². The summed E-state index contributed by atoms with van der Waals surface area (Å²) in [6.07, 6.45) is 9.28. The molecule has 4 rings (SSSR count). The lowest BCUT2D eigenvalue weighted by Gasteiger charge is -2.36. The molecule has 0 aromatic carbocycles. The maximum absolute atomic E-state index is 13.1. The van der Waals surface area contributed by atoms with Crippen LogP contribution in [-0.4, -0.2) is 70.2 Å². The monoisotopic (exact) mass is 402 g/mol. The van der Waals surface area contributed by atoms with E-state index in [-0.39, 0.29) is 30.0 Å². The molecule has 1 aromatic heterocycles. The number of carbonyl (C=O) groups excluding carboxylic acids is 2. The zero-order chi connectivity index (χ0) is 20.4. The van der Waals surface area contributed by atoms with Gasteiger partial charge < -0.3 is 14.5 Å². The molecule has 2 aliphatic heterocycles. The van der Waals surface area contributed by atoms with Crippen LogP contribution in [0.1, 0.15) is 80.8 Å². The van der Waals surface area contributed by atoms with Crippen LogP contribution in [0, 0.1) is 5.92 Å². The van der Waals surface area contributed by atoms with Gasteiger partial charge >= 0.3 is 0 Å². The molecule has 2 saturated heterocycles. The van der Waals surface area contributed by atoms with Gasteiger partial charge in [0.15, 0.2) is 0 Å². The Kier molecular flexibility index (Phi) is 6.23. The number of aromatic amines is 1. The Bertz CT molecular complexity index is 709. The fourth-order valence-electron chi connectivity index (χ4n) is 5.29. The number of morpholine rings is 1. The number of ether oxygens (including phenoxy) is 1. The molecule has 0 spiro atoms. The average molecular weight is 403 g/mol. The van der Waals surface area contributed by atoms with Gasteiger partial charge in [-0.25, -0.2) is 0 Å². The average Bonchev–Trinajstić information content (AvgIpc) is 3.22. The van der Waals surface area contributed by atoms with Gasteiger partial charge in [0.2, 0.25) is 5.91 Å². The molecule has 0 bridgehead atoms. The smallest absolute Gasteiger partial charge is 0.257 e. The van der Waals surface area contributed by atoms with E-state index in [0.29, 0.717) is 24.6 Å². The molecule has 1 aromatic rings. The van der Waals surface area contributed by atoms with E-state index >= 15 is 0 Å². The fraction of sp³-hybridized carbons (Fsp3) is 0.773. The number of piperidine rings is 1. The molecule has 2 amide bonds. The molecule has 3 fully saturated rings. The quantitative estimate of drug-likeness (QED) is 0.843. The van der Waals surface area contributed by atoms with E-state index in [2.05, 4.69) is 15.1 Å². The maximum Gasteiger partial charge on any atom is 0.257 e. The van der Waals surface area contributed by atoms with Crippen LogP contribution in [0.5, 0.6) is 0 Å². The zero-order valence-corrected chi connectivity index (χ0v) is 17.7. The molecule has 0 radical (unpaired) electrons.